The second kappa shape index (κ2) is 6.22. The van der Waals surface area contributed by atoms with Crippen LogP contribution >= 0.6 is 0 Å². The fourth-order valence-corrected chi connectivity index (χ4v) is 0.801. The molecule has 0 unspecified atom stereocenters. The fraction of sp³-hybridized carbons (Fsp3) is 0.556. The summed E-state index contributed by atoms with van der Waals surface area (Å²) < 4.78 is 4.80. The number of allylic oxidation sites excluding steroid dienone is 1. The van der Waals surface area contributed by atoms with E-state index in [4.69, 9.17) is 9.84 Å². The minimum Gasteiger partial charge on any atom is -0.481 e. The summed E-state index contributed by atoms with van der Waals surface area (Å²) in [7, 11) is 0. The summed E-state index contributed by atoms with van der Waals surface area (Å²) in [5.41, 5.74) is 0. The molecule has 0 radical (unpaired) electrons. The number of ether oxygens (including phenoxy) is 1. The number of aliphatic carboxylic acids is 1. The van der Waals surface area contributed by atoms with Crippen molar-refractivity contribution >= 4 is 11.9 Å². The van der Waals surface area contributed by atoms with Gasteiger partial charge in [-0.1, -0.05) is 6.08 Å². The van der Waals surface area contributed by atoms with E-state index in [2.05, 4.69) is 6.58 Å². The summed E-state index contributed by atoms with van der Waals surface area (Å²) in [6.07, 6.45) is 2.33. The van der Waals surface area contributed by atoms with Gasteiger partial charge < -0.3 is 9.84 Å². The summed E-state index contributed by atoms with van der Waals surface area (Å²) in [5, 5.41) is 8.26. The topological polar surface area (TPSA) is 63.6 Å². The molecule has 1 atom stereocenters. The Morgan fingerprint density at radius 2 is 2.23 bits per heavy atom. The molecule has 13 heavy (non-hydrogen) atoms. The zero-order valence-electron chi connectivity index (χ0n) is 7.66. The van der Waals surface area contributed by atoms with Crippen LogP contribution < -0.4 is 0 Å². The quantitative estimate of drug-likeness (QED) is 0.386. The Kier molecular flexibility index (Phi) is 5.59. The highest BCUT2D eigenvalue weighted by molar-refractivity contribution is 5.90. The van der Waals surface area contributed by atoms with Crippen molar-refractivity contribution in [3.63, 3.8) is 0 Å². The van der Waals surface area contributed by atoms with Gasteiger partial charge in [-0.15, -0.1) is 6.58 Å². The van der Waals surface area contributed by atoms with Crippen LogP contribution in [0.2, 0.25) is 0 Å². The maximum absolute atomic E-state index is 10.8. The number of carboxylic acids is 1. The Bertz CT molecular complexity index is 198. The van der Waals surface area contributed by atoms with Crippen molar-refractivity contribution in [3.8, 4) is 0 Å². The minimum atomic E-state index is -1.17. The Morgan fingerprint density at radius 3 is 2.69 bits per heavy atom. The van der Waals surface area contributed by atoms with Crippen molar-refractivity contribution in [3.05, 3.63) is 12.7 Å². The van der Waals surface area contributed by atoms with Crippen LogP contribution in [0.5, 0.6) is 0 Å². The van der Waals surface area contributed by atoms with E-state index in [1.165, 1.54) is 0 Å². The van der Waals surface area contributed by atoms with E-state index in [1.54, 1.807) is 13.0 Å². The molecule has 0 saturated carbocycles. The first-order chi connectivity index (χ1) is 6.06. The first-order valence-electron chi connectivity index (χ1n) is 4.08. The predicted octanol–water partition coefficient (Wildman–Crippen LogP) is 1.36. The fourth-order valence-electron chi connectivity index (χ4n) is 0.801. The summed E-state index contributed by atoms with van der Waals surface area (Å²) in [6.45, 7) is 5.25. The molecule has 0 aromatic rings. The average molecular weight is 186 g/mol. The highest BCUT2D eigenvalue weighted by atomic mass is 16.5. The third-order valence-corrected chi connectivity index (χ3v) is 1.41. The third-order valence-electron chi connectivity index (χ3n) is 1.41. The average Bonchev–Trinajstić information content (AvgIpc) is 1.98. The molecule has 0 bridgehead atoms. The van der Waals surface area contributed by atoms with E-state index in [9.17, 15) is 9.59 Å². The molecular formula is C9H14O4. The summed E-state index contributed by atoms with van der Waals surface area (Å²) in [4.78, 5) is 20.9. The molecule has 4 heteroatoms. The van der Waals surface area contributed by atoms with E-state index in [-0.39, 0.29) is 6.10 Å². The minimum absolute atomic E-state index is 0.246. The number of hydrogen-bond acceptors (Lipinski definition) is 3. The van der Waals surface area contributed by atoms with Crippen molar-refractivity contribution in [2.45, 2.75) is 32.3 Å². The van der Waals surface area contributed by atoms with Crippen LogP contribution in [0.15, 0.2) is 12.7 Å². The number of esters is 1. The lowest BCUT2D eigenvalue weighted by atomic mass is 10.2. The van der Waals surface area contributed by atoms with Crippen LogP contribution in [0.4, 0.5) is 0 Å². The van der Waals surface area contributed by atoms with Gasteiger partial charge in [0.05, 0.1) is 6.10 Å². The van der Waals surface area contributed by atoms with E-state index in [0.717, 1.165) is 6.42 Å². The second-order valence-corrected chi connectivity index (χ2v) is 2.74. The molecule has 0 aliphatic carbocycles. The third kappa shape index (κ3) is 7.05. The van der Waals surface area contributed by atoms with Gasteiger partial charge >= 0.3 is 11.9 Å². The van der Waals surface area contributed by atoms with Gasteiger partial charge in [0.1, 0.15) is 6.42 Å². The van der Waals surface area contributed by atoms with Gasteiger partial charge in [-0.25, -0.2) is 0 Å². The van der Waals surface area contributed by atoms with Crippen molar-refractivity contribution in [2.24, 2.45) is 0 Å². The summed E-state index contributed by atoms with van der Waals surface area (Å²) >= 11 is 0. The van der Waals surface area contributed by atoms with Crippen molar-refractivity contribution in [1.82, 2.24) is 0 Å². The van der Waals surface area contributed by atoms with Crippen molar-refractivity contribution < 1.29 is 19.4 Å². The molecule has 0 amide bonds. The molecule has 0 aliphatic rings. The van der Waals surface area contributed by atoms with E-state index >= 15 is 0 Å². The maximum Gasteiger partial charge on any atom is 0.317 e. The monoisotopic (exact) mass is 186 g/mol. The number of carbonyl (C=O) groups is 2. The van der Waals surface area contributed by atoms with Crippen LogP contribution in [0.1, 0.15) is 26.2 Å². The van der Waals surface area contributed by atoms with Crippen LogP contribution in [-0.4, -0.2) is 23.1 Å². The summed E-state index contributed by atoms with van der Waals surface area (Å²) in [6, 6.07) is 0. The van der Waals surface area contributed by atoms with Gasteiger partial charge in [-0.05, 0) is 19.8 Å². The summed E-state index contributed by atoms with van der Waals surface area (Å²) in [5.74, 6) is -1.86. The lowest BCUT2D eigenvalue weighted by Crippen LogP contribution is -2.17. The molecule has 0 aromatic heterocycles. The van der Waals surface area contributed by atoms with Crippen LogP contribution in [-0.2, 0) is 14.3 Å². The molecule has 0 heterocycles. The van der Waals surface area contributed by atoms with E-state index in [0.29, 0.717) is 6.42 Å². The smallest absolute Gasteiger partial charge is 0.317 e. The lowest BCUT2D eigenvalue weighted by Gasteiger charge is -2.10. The van der Waals surface area contributed by atoms with Crippen LogP contribution in [0, 0.1) is 0 Å². The van der Waals surface area contributed by atoms with Gasteiger partial charge in [-0.2, -0.15) is 0 Å². The molecule has 74 valence electrons. The molecule has 0 rings (SSSR count). The zero-order valence-corrected chi connectivity index (χ0v) is 7.66. The Hall–Kier alpha value is -1.32. The number of carbonyl (C=O) groups excluding carboxylic acids is 1. The number of rotatable bonds is 6. The normalized spacial score (nSPS) is 11.8. The predicted molar refractivity (Wildman–Crippen MR) is 47.2 cm³/mol. The first-order valence-corrected chi connectivity index (χ1v) is 4.08. The van der Waals surface area contributed by atoms with Gasteiger partial charge in [-0.3, -0.25) is 9.59 Å². The zero-order chi connectivity index (χ0) is 10.3. The van der Waals surface area contributed by atoms with Crippen molar-refractivity contribution in [2.75, 3.05) is 0 Å². The van der Waals surface area contributed by atoms with Gasteiger partial charge in [0.25, 0.3) is 0 Å². The highest BCUT2D eigenvalue weighted by Gasteiger charge is 2.12. The molecule has 0 spiro atoms. The number of hydrogen-bond donors (Lipinski definition) is 1. The molecule has 0 fully saturated rings. The molecule has 0 aromatic carbocycles. The van der Waals surface area contributed by atoms with Crippen LogP contribution in [0.25, 0.3) is 0 Å². The van der Waals surface area contributed by atoms with Crippen molar-refractivity contribution in [1.29, 1.82) is 0 Å². The molecule has 0 aliphatic heterocycles. The maximum atomic E-state index is 10.8. The standard InChI is InChI=1S/C9H14O4/c1-3-4-5-7(2)13-9(12)6-8(10)11/h3,7H,1,4-6H2,2H3,(H,10,11)/t7-/m0/s1. The lowest BCUT2D eigenvalue weighted by molar-refractivity contribution is -0.154. The Labute approximate surface area is 77.2 Å². The second-order valence-electron chi connectivity index (χ2n) is 2.74. The molecule has 4 nitrogen and oxygen atoms in total. The molecular weight excluding hydrogens is 172 g/mol. The van der Waals surface area contributed by atoms with E-state index < -0.39 is 18.4 Å². The van der Waals surface area contributed by atoms with Crippen LogP contribution in [0.3, 0.4) is 0 Å². The number of carboxylic acid groups (broad SMARTS) is 1. The molecule has 1 N–H and O–H groups in total. The molecule has 0 saturated heterocycles. The highest BCUT2D eigenvalue weighted by Crippen LogP contribution is 2.03. The Balaban J connectivity index is 3.64. The largest absolute Gasteiger partial charge is 0.481 e. The SMILES string of the molecule is C=CCC[C@H](C)OC(=O)CC(=O)O. The van der Waals surface area contributed by atoms with Gasteiger partial charge in [0, 0.05) is 0 Å². The van der Waals surface area contributed by atoms with Gasteiger partial charge in [0.15, 0.2) is 0 Å². The van der Waals surface area contributed by atoms with Gasteiger partial charge in [0.2, 0.25) is 0 Å². The Morgan fingerprint density at radius 1 is 1.62 bits per heavy atom. The van der Waals surface area contributed by atoms with E-state index in [1.807, 2.05) is 0 Å². The first kappa shape index (κ1) is 11.7.